The van der Waals surface area contributed by atoms with Crippen LogP contribution in [0.4, 0.5) is 22.0 Å². The third kappa shape index (κ3) is 9.66. The normalized spacial score (nSPS) is 12.4. The molecule has 0 aliphatic rings. The van der Waals surface area contributed by atoms with E-state index in [4.69, 9.17) is 14.0 Å². The molecule has 0 aliphatic carbocycles. The van der Waals surface area contributed by atoms with Gasteiger partial charge < -0.3 is 24.6 Å². The number of aromatic nitrogens is 3. The topological polar surface area (TPSA) is 140 Å². The molecule has 46 heavy (non-hydrogen) atoms. The number of esters is 1. The Bertz CT molecular complexity index is 1650. The van der Waals surface area contributed by atoms with Crippen molar-refractivity contribution in [2.45, 2.75) is 91.6 Å². The number of benzene rings is 2. The Balaban J connectivity index is 1.46. The largest absolute Gasteiger partial charge is 0.460 e. The summed E-state index contributed by atoms with van der Waals surface area (Å²) in [5, 5.41) is 13.5. The average molecular weight is 631 g/mol. The van der Waals surface area contributed by atoms with Crippen molar-refractivity contribution < 1.29 is 23.6 Å². The van der Waals surface area contributed by atoms with Gasteiger partial charge >= 0.3 is 12.0 Å². The zero-order valence-corrected chi connectivity index (χ0v) is 28.1. The predicted octanol–water partition coefficient (Wildman–Crippen LogP) is 8.47. The molecule has 0 bridgehead atoms. The summed E-state index contributed by atoms with van der Waals surface area (Å²) in [7, 11) is 1.90. The molecule has 0 spiro atoms. The monoisotopic (exact) mass is 630 g/mol. The third-order valence-electron chi connectivity index (χ3n) is 7.39. The minimum Gasteiger partial charge on any atom is -0.460 e. The standard InChI is InChI=1S/C35H46N6O5/c1-9-22(12-10-15-31(42)45-35(5,6)7)16-23-17-26-28(19-27(23)36-8)37-21-38-32(26)44-25-14-11-13-24(18-25)39-33(43)40-30-20-29(46-41-30)34(2,3)4/h11,13-14,17-22,36H,9-10,12,15-16H2,1-8H3,(H2,39,40,41,43). The van der Waals surface area contributed by atoms with Crippen LogP contribution in [0.3, 0.4) is 0 Å². The number of urea groups is 1. The summed E-state index contributed by atoms with van der Waals surface area (Å²) in [4.78, 5) is 33.8. The lowest BCUT2D eigenvalue weighted by Gasteiger charge is -2.21. The second kappa shape index (κ2) is 14.6. The molecule has 3 N–H and O–H groups in total. The van der Waals surface area contributed by atoms with Crippen molar-refractivity contribution in [3.63, 3.8) is 0 Å². The molecule has 2 aromatic carbocycles. The Morgan fingerprint density at radius 3 is 2.46 bits per heavy atom. The molecule has 0 fully saturated rings. The van der Waals surface area contributed by atoms with Crippen LogP contribution in [-0.2, 0) is 21.4 Å². The van der Waals surface area contributed by atoms with Crippen molar-refractivity contribution >= 4 is 40.1 Å². The fraction of sp³-hybridized carbons (Fsp3) is 0.457. The maximum atomic E-state index is 12.7. The second-order valence-electron chi connectivity index (χ2n) is 13.4. The number of carbonyl (C=O) groups is 2. The molecule has 0 saturated carbocycles. The molecular formula is C35H46N6O5. The summed E-state index contributed by atoms with van der Waals surface area (Å²) < 4.78 is 17.1. The highest BCUT2D eigenvalue weighted by atomic mass is 16.6. The van der Waals surface area contributed by atoms with Crippen molar-refractivity contribution in [2.75, 3.05) is 23.0 Å². The van der Waals surface area contributed by atoms with E-state index in [0.29, 0.717) is 41.2 Å². The first kappa shape index (κ1) is 34.2. The van der Waals surface area contributed by atoms with Crippen LogP contribution >= 0.6 is 0 Å². The fourth-order valence-electron chi connectivity index (χ4n) is 5.01. The van der Waals surface area contributed by atoms with Gasteiger partial charge in [-0.25, -0.2) is 14.8 Å². The zero-order chi connectivity index (χ0) is 33.5. The first-order valence-electron chi connectivity index (χ1n) is 15.7. The number of nitrogens with zero attached hydrogens (tertiary/aromatic N) is 3. The van der Waals surface area contributed by atoms with Gasteiger partial charge in [-0.3, -0.25) is 10.1 Å². The molecule has 2 heterocycles. The van der Waals surface area contributed by atoms with Crippen molar-refractivity contribution in [3.05, 3.63) is 60.1 Å². The lowest BCUT2D eigenvalue weighted by molar-refractivity contribution is -0.154. The molecule has 4 rings (SSSR count). The minimum absolute atomic E-state index is 0.160. The highest BCUT2D eigenvalue weighted by Gasteiger charge is 2.21. The van der Waals surface area contributed by atoms with Gasteiger partial charge in [0.25, 0.3) is 0 Å². The van der Waals surface area contributed by atoms with Crippen molar-refractivity contribution in [1.82, 2.24) is 15.1 Å². The Morgan fingerprint density at radius 1 is 1.00 bits per heavy atom. The maximum Gasteiger partial charge on any atom is 0.324 e. The van der Waals surface area contributed by atoms with Crippen LogP contribution in [0.15, 0.2) is 53.3 Å². The van der Waals surface area contributed by atoms with Gasteiger partial charge in [-0.05, 0) is 75.8 Å². The fourth-order valence-corrected chi connectivity index (χ4v) is 5.01. The molecule has 1 atom stereocenters. The molecule has 0 aliphatic heterocycles. The van der Waals surface area contributed by atoms with Gasteiger partial charge in [-0.15, -0.1) is 0 Å². The summed E-state index contributed by atoms with van der Waals surface area (Å²) in [6, 6.07) is 12.4. The summed E-state index contributed by atoms with van der Waals surface area (Å²) in [5.41, 5.74) is 2.68. The van der Waals surface area contributed by atoms with E-state index in [9.17, 15) is 9.59 Å². The van der Waals surface area contributed by atoms with Gasteiger partial charge in [0.15, 0.2) is 5.82 Å². The SMILES string of the molecule is CCC(CCCC(=O)OC(C)(C)C)Cc1cc2c(Oc3cccc(NC(=O)Nc4cc(C(C)(C)C)on4)c3)ncnc2cc1NC. The van der Waals surface area contributed by atoms with Gasteiger partial charge in [0.1, 0.15) is 23.4 Å². The van der Waals surface area contributed by atoms with E-state index in [2.05, 4.69) is 44.1 Å². The molecule has 1 unspecified atom stereocenters. The first-order chi connectivity index (χ1) is 21.7. The molecule has 0 radical (unpaired) electrons. The number of nitrogens with one attached hydrogen (secondary N) is 3. The number of hydrogen-bond acceptors (Lipinski definition) is 9. The molecule has 4 aromatic rings. The molecule has 246 valence electrons. The number of rotatable bonds is 12. The predicted molar refractivity (Wildman–Crippen MR) is 181 cm³/mol. The zero-order valence-electron chi connectivity index (χ0n) is 28.1. The summed E-state index contributed by atoms with van der Waals surface area (Å²) in [6.45, 7) is 13.8. The Hall–Kier alpha value is -4.67. The van der Waals surface area contributed by atoms with E-state index in [1.54, 1.807) is 30.3 Å². The summed E-state index contributed by atoms with van der Waals surface area (Å²) in [6.07, 6.45) is 5.36. The van der Waals surface area contributed by atoms with Gasteiger partial charge in [0.2, 0.25) is 5.88 Å². The van der Waals surface area contributed by atoms with Gasteiger partial charge in [0.05, 0.1) is 10.9 Å². The van der Waals surface area contributed by atoms with E-state index in [0.717, 1.165) is 47.8 Å². The number of carbonyl (C=O) groups excluding carboxylic acids is 2. The van der Waals surface area contributed by atoms with Crippen LogP contribution in [0.5, 0.6) is 11.6 Å². The number of ether oxygens (including phenoxy) is 2. The lowest BCUT2D eigenvalue weighted by atomic mass is 9.90. The van der Waals surface area contributed by atoms with E-state index in [1.807, 2.05) is 54.7 Å². The number of amides is 2. The highest BCUT2D eigenvalue weighted by molar-refractivity contribution is 5.99. The molecule has 2 aromatic heterocycles. The molecular weight excluding hydrogens is 584 g/mol. The van der Waals surface area contributed by atoms with Crippen LogP contribution in [-0.4, -0.2) is 39.8 Å². The number of anilines is 3. The van der Waals surface area contributed by atoms with Crippen molar-refractivity contribution in [1.29, 1.82) is 0 Å². The number of fused-ring (bicyclic) bond motifs is 1. The second-order valence-corrected chi connectivity index (χ2v) is 13.4. The van der Waals surface area contributed by atoms with E-state index in [-0.39, 0.29) is 11.4 Å². The summed E-state index contributed by atoms with van der Waals surface area (Å²) in [5.74, 6) is 2.13. The number of hydrogen-bond donors (Lipinski definition) is 3. The van der Waals surface area contributed by atoms with Crippen LogP contribution in [0.25, 0.3) is 10.9 Å². The van der Waals surface area contributed by atoms with Crippen molar-refractivity contribution in [3.8, 4) is 11.6 Å². The molecule has 11 nitrogen and oxygen atoms in total. The maximum absolute atomic E-state index is 12.7. The van der Waals surface area contributed by atoms with Crippen molar-refractivity contribution in [2.24, 2.45) is 5.92 Å². The summed E-state index contributed by atoms with van der Waals surface area (Å²) >= 11 is 0. The van der Waals surface area contributed by atoms with Gasteiger partial charge in [0, 0.05) is 42.4 Å². The lowest BCUT2D eigenvalue weighted by Crippen LogP contribution is -2.23. The Labute approximate surface area is 270 Å². The van der Waals surface area contributed by atoms with Crippen LogP contribution in [0.1, 0.15) is 85.5 Å². The van der Waals surface area contributed by atoms with E-state index < -0.39 is 11.6 Å². The third-order valence-corrected chi connectivity index (χ3v) is 7.39. The highest BCUT2D eigenvalue weighted by Crippen LogP contribution is 2.33. The molecule has 0 saturated heterocycles. The van der Waals surface area contributed by atoms with Gasteiger partial charge in [-0.1, -0.05) is 45.3 Å². The van der Waals surface area contributed by atoms with Gasteiger partial charge in [-0.2, -0.15) is 0 Å². The quantitative estimate of drug-likeness (QED) is 0.131. The van der Waals surface area contributed by atoms with E-state index in [1.165, 1.54) is 6.33 Å². The average Bonchev–Trinajstić information content (AvgIpc) is 3.45. The minimum atomic E-state index is -0.475. The first-order valence-corrected chi connectivity index (χ1v) is 15.7. The Morgan fingerprint density at radius 2 is 1.78 bits per heavy atom. The smallest absolute Gasteiger partial charge is 0.324 e. The van der Waals surface area contributed by atoms with Crippen LogP contribution in [0.2, 0.25) is 0 Å². The molecule has 2 amide bonds. The Kier molecular flexibility index (Phi) is 10.9. The van der Waals surface area contributed by atoms with E-state index >= 15 is 0 Å². The van der Waals surface area contributed by atoms with Crippen LogP contribution in [0, 0.1) is 5.92 Å². The molecule has 11 heteroatoms. The van der Waals surface area contributed by atoms with Crippen LogP contribution < -0.4 is 20.7 Å².